The summed E-state index contributed by atoms with van der Waals surface area (Å²) in [6.45, 7) is 0.639. The first-order valence-electron chi connectivity index (χ1n) is 9.83. The third-order valence-corrected chi connectivity index (χ3v) is 5.01. The van der Waals surface area contributed by atoms with Crippen LogP contribution in [0.15, 0.2) is 54.7 Å². The van der Waals surface area contributed by atoms with E-state index in [-0.39, 0.29) is 31.2 Å². The molecule has 2 aromatic heterocycles. The summed E-state index contributed by atoms with van der Waals surface area (Å²) in [5, 5.41) is 13.7. The number of nitrogens with zero attached hydrogens (tertiary/aromatic N) is 4. The van der Waals surface area contributed by atoms with E-state index in [1.807, 2.05) is 59.1 Å². The van der Waals surface area contributed by atoms with Crippen molar-refractivity contribution < 1.29 is 14.4 Å². The van der Waals surface area contributed by atoms with Crippen LogP contribution in [0.4, 0.5) is 4.79 Å². The second kappa shape index (κ2) is 8.73. The third-order valence-electron chi connectivity index (χ3n) is 5.01. The van der Waals surface area contributed by atoms with E-state index in [0.717, 1.165) is 17.0 Å². The standard InChI is InChI=1S/C21H22N6O3/c28-19(22-12-11-18-25-24-17-8-4-5-13-26(17)18)10-9-16-20(29)27(21(30)23-16)14-15-6-2-1-3-7-15/h1-8,13,16H,9-12,14H2,(H,22,28)(H,23,30). The molecule has 0 spiro atoms. The van der Waals surface area contributed by atoms with Crippen LogP contribution in [0.2, 0.25) is 0 Å². The Morgan fingerprint density at radius 1 is 1.07 bits per heavy atom. The predicted molar refractivity (Wildman–Crippen MR) is 108 cm³/mol. The average Bonchev–Trinajstić information content (AvgIpc) is 3.29. The van der Waals surface area contributed by atoms with Gasteiger partial charge in [-0.15, -0.1) is 10.2 Å². The maximum Gasteiger partial charge on any atom is 0.325 e. The van der Waals surface area contributed by atoms with E-state index in [1.54, 1.807) is 0 Å². The molecular weight excluding hydrogens is 384 g/mol. The number of hydrogen-bond donors (Lipinski definition) is 2. The normalized spacial score (nSPS) is 16.1. The number of nitrogens with one attached hydrogen (secondary N) is 2. The fourth-order valence-corrected chi connectivity index (χ4v) is 3.43. The van der Waals surface area contributed by atoms with Crippen LogP contribution in [-0.4, -0.2) is 49.9 Å². The van der Waals surface area contributed by atoms with Crippen molar-refractivity contribution in [3.63, 3.8) is 0 Å². The van der Waals surface area contributed by atoms with Crippen LogP contribution >= 0.6 is 0 Å². The van der Waals surface area contributed by atoms with Crippen molar-refractivity contribution >= 4 is 23.5 Å². The van der Waals surface area contributed by atoms with Crippen LogP contribution < -0.4 is 10.6 Å². The number of imide groups is 1. The van der Waals surface area contributed by atoms with Gasteiger partial charge in [-0.2, -0.15) is 0 Å². The van der Waals surface area contributed by atoms with Crippen molar-refractivity contribution in [2.24, 2.45) is 0 Å². The van der Waals surface area contributed by atoms with Gasteiger partial charge in [-0.25, -0.2) is 4.79 Å². The maximum absolute atomic E-state index is 12.5. The first kappa shape index (κ1) is 19.6. The van der Waals surface area contributed by atoms with Gasteiger partial charge in [0.1, 0.15) is 11.9 Å². The molecule has 0 radical (unpaired) electrons. The van der Waals surface area contributed by atoms with E-state index in [4.69, 9.17) is 0 Å². The number of carbonyl (C=O) groups excluding carboxylic acids is 3. The van der Waals surface area contributed by atoms with Crippen LogP contribution in [0.5, 0.6) is 0 Å². The first-order chi connectivity index (χ1) is 14.6. The van der Waals surface area contributed by atoms with Gasteiger partial charge < -0.3 is 10.6 Å². The molecule has 0 saturated carbocycles. The Labute approximate surface area is 173 Å². The number of carbonyl (C=O) groups is 3. The number of pyridine rings is 1. The highest BCUT2D eigenvalue weighted by molar-refractivity contribution is 6.04. The lowest BCUT2D eigenvalue weighted by atomic mass is 10.1. The van der Waals surface area contributed by atoms with Crippen LogP contribution in [0.25, 0.3) is 5.65 Å². The number of rotatable bonds is 8. The molecule has 1 saturated heterocycles. The van der Waals surface area contributed by atoms with Crippen molar-refractivity contribution in [1.29, 1.82) is 0 Å². The molecule has 1 aromatic carbocycles. The Morgan fingerprint density at radius 3 is 2.70 bits per heavy atom. The van der Waals surface area contributed by atoms with Crippen LogP contribution in [0.1, 0.15) is 24.2 Å². The Bertz CT molecular complexity index is 1060. The number of benzene rings is 1. The van der Waals surface area contributed by atoms with Crippen molar-refractivity contribution in [3.05, 3.63) is 66.1 Å². The van der Waals surface area contributed by atoms with Gasteiger partial charge >= 0.3 is 6.03 Å². The summed E-state index contributed by atoms with van der Waals surface area (Å²) >= 11 is 0. The number of hydrogen-bond acceptors (Lipinski definition) is 5. The molecule has 1 aliphatic rings. The Balaban J connectivity index is 1.23. The van der Waals surface area contributed by atoms with Gasteiger partial charge in [0.2, 0.25) is 5.91 Å². The van der Waals surface area contributed by atoms with Gasteiger partial charge in [-0.1, -0.05) is 36.4 Å². The SMILES string of the molecule is O=C(CCC1NC(=O)N(Cc2ccccc2)C1=O)NCCc1nnc2ccccn12. The molecule has 1 fully saturated rings. The lowest BCUT2D eigenvalue weighted by Crippen LogP contribution is -2.33. The molecule has 30 heavy (non-hydrogen) atoms. The molecule has 1 aliphatic heterocycles. The predicted octanol–water partition coefficient (Wildman–Crippen LogP) is 1.29. The molecule has 3 heterocycles. The van der Waals surface area contributed by atoms with Gasteiger partial charge in [0, 0.05) is 25.6 Å². The number of aromatic nitrogens is 3. The molecular formula is C21H22N6O3. The van der Waals surface area contributed by atoms with Crippen molar-refractivity contribution in [1.82, 2.24) is 30.1 Å². The van der Waals surface area contributed by atoms with Gasteiger partial charge in [0.15, 0.2) is 5.65 Å². The van der Waals surface area contributed by atoms with Crippen molar-refractivity contribution in [3.8, 4) is 0 Å². The number of urea groups is 1. The highest BCUT2D eigenvalue weighted by Gasteiger charge is 2.37. The van der Waals surface area contributed by atoms with E-state index in [9.17, 15) is 14.4 Å². The fourth-order valence-electron chi connectivity index (χ4n) is 3.43. The van der Waals surface area contributed by atoms with Crippen LogP contribution in [-0.2, 0) is 22.6 Å². The second-order valence-electron chi connectivity index (χ2n) is 7.10. The summed E-state index contributed by atoms with van der Waals surface area (Å²) in [5.41, 5.74) is 1.63. The number of amides is 4. The minimum absolute atomic E-state index is 0.149. The zero-order valence-electron chi connectivity index (χ0n) is 16.3. The molecule has 1 unspecified atom stereocenters. The summed E-state index contributed by atoms with van der Waals surface area (Å²) < 4.78 is 1.88. The fraction of sp³-hybridized carbons (Fsp3) is 0.286. The topological polar surface area (TPSA) is 109 Å². The molecule has 9 heteroatoms. The van der Waals surface area contributed by atoms with E-state index < -0.39 is 12.1 Å². The number of fused-ring (bicyclic) bond motifs is 1. The Kier molecular flexibility index (Phi) is 5.69. The molecule has 0 aliphatic carbocycles. The zero-order valence-corrected chi connectivity index (χ0v) is 16.3. The summed E-state index contributed by atoms with van der Waals surface area (Å²) in [4.78, 5) is 38.0. The van der Waals surface area contributed by atoms with Crippen molar-refractivity contribution in [2.75, 3.05) is 6.54 Å². The van der Waals surface area contributed by atoms with E-state index in [1.165, 1.54) is 4.90 Å². The highest BCUT2D eigenvalue weighted by atomic mass is 16.2. The van der Waals surface area contributed by atoms with Crippen LogP contribution in [0, 0.1) is 0 Å². The second-order valence-corrected chi connectivity index (χ2v) is 7.10. The smallest absolute Gasteiger partial charge is 0.325 e. The monoisotopic (exact) mass is 406 g/mol. The maximum atomic E-state index is 12.5. The molecule has 9 nitrogen and oxygen atoms in total. The van der Waals surface area contributed by atoms with E-state index in [2.05, 4.69) is 20.8 Å². The molecule has 1 atom stereocenters. The van der Waals surface area contributed by atoms with Gasteiger partial charge in [-0.3, -0.25) is 18.9 Å². The molecule has 4 amide bonds. The highest BCUT2D eigenvalue weighted by Crippen LogP contribution is 2.15. The first-order valence-corrected chi connectivity index (χ1v) is 9.83. The van der Waals surface area contributed by atoms with Gasteiger partial charge in [0.05, 0.1) is 6.54 Å². The Morgan fingerprint density at radius 2 is 1.87 bits per heavy atom. The lowest BCUT2D eigenvalue weighted by Gasteiger charge is -2.13. The van der Waals surface area contributed by atoms with Gasteiger partial charge in [-0.05, 0) is 24.1 Å². The summed E-state index contributed by atoms with van der Waals surface area (Å²) in [5.74, 6) is 0.291. The largest absolute Gasteiger partial charge is 0.356 e. The quantitative estimate of drug-likeness (QED) is 0.548. The molecule has 3 aromatic rings. The van der Waals surface area contributed by atoms with Gasteiger partial charge in [0.25, 0.3) is 5.91 Å². The van der Waals surface area contributed by atoms with E-state index >= 15 is 0 Å². The van der Waals surface area contributed by atoms with Crippen molar-refractivity contribution in [2.45, 2.75) is 31.8 Å². The average molecular weight is 406 g/mol. The molecule has 2 N–H and O–H groups in total. The molecule has 4 rings (SSSR count). The van der Waals surface area contributed by atoms with E-state index in [0.29, 0.717) is 13.0 Å². The lowest BCUT2D eigenvalue weighted by molar-refractivity contribution is -0.128. The van der Waals surface area contributed by atoms with Crippen LogP contribution in [0.3, 0.4) is 0 Å². The summed E-state index contributed by atoms with van der Waals surface area (Å²) in [7, 11) is 0. The molecule has 0 bridgehead atoms. The summed E-state index contributed by atoms with van der Waals surface area (Å²) in [6, 6.07) is 13.9. The third kappa shape index (κ3) is 4.29. The molecule has 154 valence electrons. The zero-order chi connectivity index (χ0) is 20.9. The minimum Gasteiger partial charge on any atom is -0.356 e. The minimum atomic E-state index is -0.674. The summed E-state index contributed by atoms with van der Waals surface area (Å²) in [6.07, 6.45) is 2.83. The Hall–Kier alpha value is -3.75.